The van der Waals surface area contributed by atoms with Crippen LogP contribution in [-0.2, 0) is 24.5 Å². The Morgan fingerprint density at radius 2 is 1.50 bits per heavy atom. The van der Waals surface area contributed by atoms with Gasteiger partial charge in [0.05, 0.1) is 13.2 Å². The molecule has 0 aliphatic heterocycles. The molecule has 122 valence electrons. The maximum Gasteiger partial charge on any atom is 0.328 e. The third-order valence-electron chi connectivity index (χ3n) is 3.61. The van der Waals surface area contributed by atoms with Gasteiger partial charge in [-0.05, 0) is 38.2 Å². The van der Waals surface area contributed by atoms with E-state index in [9.17, 15) is 9.59 Å². The zero-order chi connectivity index (χ0) is 16.6. The van der Waals surface area contributed by atoms with Gasteiger partial charge in [-0.3, -0.25) is 9.59 Å². The first-order valence-electron chi connectivity index (χ1n) is 7.89. The number of ether oxygens (including phenoxy) is 2. The van der Waals surface area contributed by atoms with Crippen LogP contribution in [0.5, 0.6) is 0 Å². The molecule has 0 atom stereocenters. The Balaban J connectivity index is 3.34. The Labute approximate surface area is 132 Å². The summed E-state index contributed by atoms with van der Waals surface area (Å²) in [4.78, 5) is 25.3. The van der Waals surface area contributed by atoms with Crippen LogP contribution in [0.15, 0.2) is 30.3 Å². The van der Waals surface area contributed by atoms with E-state index >= 15 is 0 Å². The summed E-state index contributed by atoms with van der Waals surface area (Å²) in [6.45, 7) is 8.06. The summed E-state index contributed by atoms with van der Waals surface area (Å²) < 4.78 is 10.4. The SMILES string of the molecule is CCOC(=O)C(CCC(C)C)(C(=O)OCC)c1ccccc1. The third kappa shape index (κ3) is 4.09. The van der Waals surface area contributed by atoms with Crippen molar-refractivity contribution in [3.8, 4) is 0 Å². The second kappa shape index (κ2) is 8.57. The van der Waals surface area contributed by atoms with Crippen LogP contribution >= 0.6 is 0 Å². The minimum absolute atomic E-state index is 0.231. The zero-order valence-corrected chi connectivity index (χ0v) is 13.9. The van der Waals surface area contributed by atoms with Gasteiger partial charge >= 0.3 is 11.9 Å². The first kappa shape index (κ1) is 18.2. The molecule has 0 bridgehead atoms. The first-order chi connectivity index (χ1) is 10.5. The molecule has 22 heavy (non-hydrogen) atoms. The van der Waals surface area contributed by atoms with Crippen molar-refractivity contribution in [3.05, 3.63) is 35.9 Å². The number of hydrogen-bond acceptors (Lipinski definition) is 4. The summed E-state index contributed by atoms with van der Waals surface area (Å²) in [5.74, 6) is -0.687. The third-order valence-corrected chi connectivity index (χ3v) is 3.61. The molecule has 0 saturated heterocycles. The molecule has 0 radical (unpaired) electrons. The van der Waals surface area contributed by atoms with E-state index in [0.717, 1.165) is 6.42 Å². The largest absolute Gasteiger partial charge is 0.465 e. The fraction of sp³-hybridized carbons (Fsp3) is 0.556. The maximum atomic E-state index is 12.7. The van der Waals surface area contributed by atoms with Crippen LogP contribution in [-0.4, -0.2) is 25.2 Å². The predicted molar refractivity (Wildman–Crippen MR) is 85.5 cm³/mol. The monoisotopic (exact) mass is 306 g/mol. The van der Waals surface area contributed by atoms with Crippen molar-refractivity contribution in [1.29, 1.82) is 0 Å². The summed E-state index contributed by atoms with van der Waals surface area (Å²) in [6.07, 6.45) is 1.11. The van der Waals surface area contributed by atoms with Crippen LogP contribution in [0, 0.1) is 5.92 Å². The Kier molecular flexibility index (Phi) is 7.09. The van der Waals surface area contributed by atoms with Crippen molar-refractivity contribution in [1.82, 2.24) is 0 Å². The van der Waals surface area contributed by atoms with Crippen molar-refractivity contribution >= 4 is 11.9 Å². The first-order valence-corrected chi connectivity index (χ1v) is 7.89. The van der Waals surface area contributed by atoms with E-state index in [4.69, 9.17) is 9.47 Å². The van der Waals surface area contributed by atoms with Gasteiger partial charge in [0.2, 0.25) is 0 Å². The summed E-state index contributed by atoms with van der Waals surface area (Å²) in [5.41, 5.74) is -0.745. The van der Waals surface area contributed by atoms with E-state index in [0.29, 0.717) is 17.9 Å². The molecule has 1 aromatic carbocycles. The second-order valence-corrected chi connectivity index (χ2v) is 5.64. The van der Waals surface area contributed by atoms with Gasteiger partial charge in [0.1, 0.15) is 0 Å². The van der Waals surface area contributed by atoms with Gasteiger partial charge in [-0.2, -0.15) is 0 Å². The Morgan fingerprint density at radius 1 is 1.00 bits per heavy atom. The summed E-state index contributed by atoms with van der Waals surface area (Å²) in [5, 5.41) is 0. The number of carbonyl (C=O) groups excluding carboxylic acids is 2. The number of hydrogen-bond donors (Lipinski definition) is 0. The van der Waals surface area contributed by atoms with Crippen LogP contribution < -0.4 is 0 Å². The van der Waals surface area contributed by atoms with E-state index in [1.54, 1.807) is 26.0 Å². The lowest BCUT2D eigenvalue weighted by Crippen LogP contribution is -2.46. The molecule has 0 heterocycles. The average molecular weight is 306 g/mol. The highest BCUT2D eigenvalue weighted by molar-refractivity contribution is 6.06. The van der Waals surface area contributed by atoms with E-state index < -0.39 is 17.4 Å². The standard InChI is InChI=1S/C18H26O4/c1-5-21-16(19)18(13-12-14(3)4,17(20)22-6-2)15-10-8-7-9-11-15/h7-11,14H,5-6,12-13H2,1-4H3. The minimum Gasteiger partial charge on any atom is -0.465 e. The Hall–Kier alpha value is -1.84. The molecule has 0 fully saturated rings. The highest BCUT2D eigenvalue weighted by Crippen LogP contribution is 2.34. The van der Waals surface area contributed by atoms with Gasteiger partial charge in [-0.15, -0.1) is 0 Å². The number of benzene rings is 1. The summed E-state index contributed by atoms with van der Waals surface area (Å²) in [7, 11) is 0. The van der Waals surface area contributed by atoms with Gasteiger partial charge in [0.25, 0.3) is 0 Å². The average Bonchev–Trinajstić information content (AvgIpc) is 2.49. The molecule has 0 saturated carbocycles. The molecule has 1 rings (SSSR count). The molecule has 0 N–H and O–H groups in total. The second-order valence-electron chi connectivity index (χ2n) is 5.64. The van der Waals surface area contributed by atoms with Crippen molar-refractivity contribution in [3.63, 3.8) is 0 Å². The zero-order valence-electron chi connectivity index (χ0n) is 13.9. The smallest absolute Gasteiger partial charge is 0.328 e. The topological polar surface area (TPSA) is 52.6 Å². The van der Waals surface area contributed by atoms with Crippen LogP contribution in [0.4, 0.5) is 0 Å². The fourth-order valence-electron chi connectivity index (χ4n) is 2.40. The number of esters is 2. The lowest BCUT2D eigenvalue weighted by Gasteiger charge is -2.30. The quantitative estimate of drug-likeness (QED) is 0.545. The molecule has 4 nitrogen and oxygen atoms in total. The molecule has 1 aromatic rings. The summed E-state index contributed by atoms with van der Waals surface area (Å²) in [6, 6.07) is 9.06. The van der Waals surface area contributed by atoms with E-state index in [1.807, 2.05) is 18.2 Å². The normalized spacial score (nSPS) is 11.3. The molecule has 4 heteroatoms. The van der Waals surface area contributed by atoms with E-state index in [2.05, 4.69) is 13.8 Å². The molecular formula is C18H26O4. The molecule has 0 unspecified atom stereocenters. The van der Waals surface area contributed by atoms with Crippen molar-refractivity contribution in [2.75, 3.05) is 13.2 Å². The number of rotatable bonds is 8. The van der Waals surface area contributed by atoms with Crippen molar-refractivity contribution in [2.45, 2.75) is 46.0 Å². The highest BCUT2D eigenvalue weighted by Gasteiger charge is 2.50. The van der Waals surface area contributed by atoms with Crippen molar-refractivity contribution in [2.24, 2.45) is 5.92 Å². The fourth-order valence-corrected chi connectivity index (χ4v) is 2.40. The van der Waals surface area contributed by atoms with E-state index in [1.165, 1.54) is 0 Å². The highest BCUT2D eigenvalue weighted by atomic mass is 16.6. The van der Waals surface area contributed by atoms with Crippen LogP contribution in [0.3, 0.4) is 0 Å². The molecule has 0 aliphatic rings. The van der Waals surface area contributed by atoms with Crippen LogP contribution in [0.2, 0.25) is 0 Å². The van der Waals surface area contributed by atoms with Gasteiger partial charge in [0.15, 0.2) is 5.41 Å². The van der Waals surface area contributed by atoms with Crippen LogP contribution in [0.1, 0.15) is 46.1 Å². The molecular weight excluding hydrogens is 280 g/mol. The maximum absolute atomic E-state index is 12.7. The molecule has 0 spiro atoms. The summed E-state index contributed by atoms with van der Waals surface area (Å²) >= 11 is 0. The molecule has 0 aromatic heterocycles. The predicted octanol–water partition coefficient (Wildman–Crippen LogP) is 3.49. The number of carbonyl (C=O) groups is 2. The van der Waals surface area contributed by atoms with Crippen molar-refractivity contribution < 1.29 is 19.1 Å². The van der Waals surface area contributed by atoms with E-state index in [-0.39, 0.29) is 13.2 Å². The minimum atomic E-state index is -1.38. The Morgan fingerprint density at radius 3 is 1.91 bits per heavy atom. The van der Waals surface area contributed by atoms with Gasteiger partial charge in [-0.25, -0.2) is 0 Å². The van der Waals surface area contributed by atoms with Gasteiger partial charge < -0.3 is 9.47 Å². The lowest BCUT2D eigenvalue weighted by atomic mass is 9.75. The van der Waals surface area contributed by atoms with Gasteiger partial charge in [-0.1, -0.05) is 44.2 Å². The molecule has 0 amide bonds. The Bertz CT molecular complexity index is 461. The van der Waals surface area contributed by atoms with Gasteiger partial charge in [0, 0.05) is 0 Å². The molecule has 0 aliphatic carbocycles. The van der Waals surface area contributed by atoms with Crippen LogP contribution in [0.25, 0.3) is 0 Å². The lowest BCUT2D eigenvalue weighted by molar-refractivity contribution is -0.165.